The molecule has 0 saturated heterocycles. The summed E-state index contributed by atoms with van der Waals surface area (Å²) in [5.41, 5.74) is 0. The van der Waals surface area contributed by atoms with E-state index >= 15 is 0 Å². The molecule has 0 aromatic carbocycles. The van der Waals surface area contributed by atoms with E-state index in [2.05, 4.69) is 6.58 Å². The van der Waals surface area contributed by atoms with Crippen molar-refractivity contribution < 1.29 is 9.90 Å². The Morgan fingerprint density at radius 2 is 1.57 bits per heavy atom. The van der Waals surface area contributed by atoms with Crippen molar-refractivity contribution in [3.8, 4) is 0 Å². The molecule has 1 N–H and O–H groups in total. The van der Waals surface area contributed by atoms with Gasteiger partial charge in [-0.05, 0) is 19.3 Å². The zero-order valence-corrected chi connectivity index (χ0v) is 8.30. The number of hydrogen-bond acceptors (Lipinski definition) is 1. The molecule has 0 spiro atoms. The molecule has 2 nitrogen and oxygen atoms in total. The fourth-order valence-corrected chi connectivity index (χ4v) is 1.27. The van der Waals surface area contributed by atoms with E-state index in [9.17, 15) is 4.79 Å². The van der Waals surface area contributed by atoms with Crippen molar-refractivity contribution in [2.24, 2.45) is 0 Å². The van der Waals surface area contributed by atoms with Gasteiger partial charge in [-0.25, -0.2) is 0 Å². The average Bonchev–Trinajstić information content (AvgIpc) is 2.09. The first-order valence-electron chi connectivity index (χ1n) is 5.10. The van der Waals surface area contributed by atoms with E-state index < -0.39 is 5.97 Å². The standard InChI is InChI=1S/C11H20O2.Ga.3H/c1-2-3-4-5-6-7-8-9-10-11(12)13;;;;/h2H,1,3-10H2,(H,12,13);;;;. The third-order valence-electron chi connectivity index (χ3n) is 2.05. The molecule has 3 heteroatoms. The quantitative estimate of drug-likeness (QED) is 0.390. The molecule has 82 valence electrons. The van der Waals surface area contributed by atoms with Crippen LogP contribution in [-0.2, 0) is 4.79 Å². The van der Waals surface area contributed by atoms with Crippen LogP contribution in [0.1, 0.15) is 51.4 Å². The topological polar surface area (TPSA) is 37.3 Å². The van der Waals surface area contributed by atoms with E-state index in [0.717, 1.165) is 19.3 Å². The number of allylic oxidation sites excluding steroid dienone is 1. The summed E-state index contributed by atoms with van der Waals surface area (Å²) >= 11 is 0. The fraction of sp³-hybridized carbons (Fsp3) is 0.727. The van der Waals surface area contributed by atoms with Crippen molar-refractivity contribution in [2.45, 2.75) is 51.4 Å². The average molecular weight is 257 g/mol. The first-order valence-corrected chi connectivity index (χ1v) is 5.10. The molecule has 0 aliphatic rings. The van der Waals surface area contributed by atoms with Gasteiger partial charge in [0, 0.05) is 6.42 Å². The minimum absolute atomic E-state index is 0. The molecule has 0 bridgehead atoms. The number of carboxylic acid groups (broad SMARTS) is 1. The molecule has 0 aliphatic carbocycles. The van der Waals surface area contributed by atoms with E-state index in [4.69, 9.17) is 5.11 Å². The van der Waals surface area contributed by atoms with Gasteiger partial charge >= 0.3 is 25.8 Å². The molecule has 0 aromatic heterocycles. The summed E-state index contributed by atoms with van der Waals surface area (Å²) in [5, 5.41) is 8.38. The number of unbranched alkanes of at least 4 members (excludes halogenated alkanes) is 6. The van der Waals surface area contributed by atoms with E-state index in [1.165, 1.54) is 25.7 Å². The normalized spacial score (nSPS) is 9.14. The van der Waals surface area contributed by atoms with Crippen LogP contribution in [0.4, 0.5) is 0 Å². The molecule has 0 unspecified atom stereocenters. The molecule has 0 fully saturated rings. The van der Waals surface area contributed by atoms with E-state index in [1.54, 1.807) is 0 Å². The van der Waals surface area contributed by atoms with E-state index in [-0.39, 0.29) is 19.8 Å². The summed E-state index contributed by atoms with van der Waals surface area (Å²) in [4.78, 5) is 10.2. The van der Waals surface area contributed by atoms with Crippen LogP contribution < -0.4 is 0 Å². The summed E-state index contributed by atoms with van der Waals surface area (Å²) in [7, 11) is 0. The van der Waals surface area contributed by atoms with Gasteiger partial charge in [0.2, 0.25) is 0 Å². The number of hydrogen-bond donors (Lipinski definition) is 1. The minimum atomic E-state index is -0.674. The van der Waals surface area contributed by atoms with Gasteiger partial charge in [-0.1, -0.05) is 31.8 Å². The molecule has 0 heterocycles. The Morgan fingerprint density at radius 1 is 1.07 bits per heavy atom. The summed E-state index contributed by atoms with van der Waals surface area (Å²) in [6.07, 6.45) is 10.1. The Labute approximate surface area is 99.8 Å². The molecular weight excluding hydrogens is 234 g/mol. The van der Waals surface area contributed by atoms with Gasteiger partial charge in [-0.2, -0.15) is 0 Å². The molecule has 0 saturated carbocycles. The molecule has 0 aliphatic heterocycles. The molecule has 14 heavy (non-hydrogen) atoms. The van der Waals surface area contributed by atoms with E-state index in [0.29, 0.717) is 6.42 Å². The predicted octanol–water partition coefficient (Wildman–Crippen LogP) is 2.19. The predicted molar refractivity (Wildman–Crippen MR) is 64.7 cm³/mol. The Bertz CT molecular complexity index is 146. The van der Waals surface area contributed by atoms with Crippen LogP contribution in [0.15, 0.2) is 12.7 Å². The third kappa shape index (κ3) is 14.4. The van der Waals surface area contributed by atoms with Crippen molar-refractivity contribution in [2.75, 3.05) is 0 Å². The molecule has 0 rings (SSSR count). The third-order valence-corrected chi connectivity index (χ3v) is 2.05. The zero-order chi connectivity index (χ0) is 9.94. The molecule has 0 radical (unpaired) electrons. The Hall–Kier alpha value is -0.154. The zero-order valence-electron chi connectivity index (χ0n) is 8.30. The van der Waals surface area contributed by atoms with Gasteiger partial charge in [0.15, 0.2) is 0 Å². The van der Waals surface area contributed by atoms with Gasteiger partial charge in [0.25, 0.3) is 0 Å². The summed E-state index contributed by atoms with van der Waals surface area (Å²) in [6.45, 7) is 3.66. The maximum absolute atomic E-state index is 10.2. The van der Waals surface area contributed by atoms with Crippen molar-refractivity contribution in [1.29, 1.82) is 0 Å². The van der Waals surface area contributed by atoms with Crippen LogP contribution in [0.5, 0.6) is 0 Å². The van der Waals surface area contributed by atoms with E-state index in [1.807, 2.05) is 6.08 Å². The van der Waals surface area contributed by atoms with Gasteiger partial charge < -0.3 is 5.11 Å². The number of rotatable bonds is 9. The van der Waals surface area contributed by atoms with Gasteiger partial charge in [0.1, 0.15) is 0 Å². The fourth-order valence-electron chi connectivity index (χ4n) is 1.27. The van der Waals surface area contributed by atoms with Gasteiger partial charge in [-0.3, -0.25) is 4.79 Å². The summed E-state index contributed by atoms with van der Waals surface area (Å²) in [6, 6.07) is 0. The monoisotopic (exact) mass is 256 g/mol. The molecule has 0 atom stereocenters. The van der Waals surface area contributed by atoms with Crippen LogP contribution in [0.25, 0.3) is 0 Å². The number of carbonyl (C=O) groups is 1. The molecule has 0 aromatic rings. The second-order valence-corrected chi connectivity index (χ2v) is 3.34. The number of aliphatic carboxylic acids is 1. The Balaban J connectivity index is 0. The van der Waals surface area contributed by atoms with Crippen molar-refractivity contribution in [1.82, 2.24) is 0 Å². The Kier molecular flexibility index (Phi) is 14.9. The summed E-state index contributed by atoms with van der Waals surface area (Å²) in [5.74, 6) is -0.674. The second-order valence-electron chi connectivity index (χ2n) is 3.34. The molecular formula is C11H23GaO2. The first kappa shape index (κ1) is 16.3. The van der Waals surface area contributed by atoms with Crippen LogP contribution in [0, 0.1) is 0 Å². The molecule has 0 amide bonds. The van der Waals surface area contributed by atoms with Crippen LogP contribution in [-0.4, -0.2) is 30.9 Å². The van der Waals surface area contributed by atoms with Crippen molar-refractivity contribution in [3.63, 3.8) is 0 Å². The first-order chi connectivity index (χ1) is 6.27. The maximum atomic E-state index is 10.2. The second kappa shape index (κ2) is 12.8. The van der Waals surface area contributed by atoms with Crippen LogP contribution >= 0.6 is 0 Å². The van der Waals surface area contributed by atoms with Crippen LogP contribution in [0.2, 0.25) is 0 Å². The van der Waals surface area contributed by atoms with Gasteiger partial charge in [-0.15, -0.1) is 6.58 Å². The number of carboxylic acids is 1. The SMILES string of the molecule is C=CCCCCCCCCC(=O)O.[GaH3]. The van der Waals surface area contributed by atoms with Crippen molar-refractivity contribution in [3.05, 3.63) is 12.7 Å². The van der Waals surface area contributed by atoms with Gasteiger partial charge in [0.05, 0.1) is 0 Å². The van der Waals surface area contributed by atoms with Crippen LogP contribution in [0.3, 0.4) is 0 Å². The van der Waals surface area contributed by atoms with Crippen molar-refractivity contribution >= 4 is 25.8 Å². The summed E-state index contributed by atoms with van der Waals surface area (Å²) < 4.78 is 0. The Morgan fingerprint density at radius 3 is 2.07 bits per heavy atom.